The van der Waals surface area contributed by atoms with Crippen LogP contribution in [0.25, 0.3) is 0 Å². The molecule has 2 fully saturated rings. The zero-order valence-electron chi connectivity index (χ0n) is 20.2. The van der Waals surface area contributed by atoms with E-state index in [0.717, 1.165) is 50.4 Å². The van der Waals surface area contributed by atoms with E-state index in [0.29, 0.717) is 37.5 Å². The number of nitro groups is 1. The molecular formula is C25H29ClF3N5O3. The molecule has 4 rings (SSSR count). The molecule has 1 N–H and O–H groups in total. The summed E-state index contributed by atoms with van der Waals surface area (Å²) in [7, 11) is 0. The molecule has 0 bridgehead atoms. The maximum absolute atomic E-state index is 13.3. The van der Waals surface area contributed by atoms with E-state index >= 15 is 0 Å². The molecule has 0 unspecified atom stereocenters. The van der Waals surface area contributed by atoms with Gasteiger partial charge in [0.05, 0.1) is 4.92 Å². The number of hydrogen-bond acceptors (Lipinski definition) is 6. The summed E-state index contributed by atoms with van der Waals surface area (Å²) in [4.78, 5) is 29.1. The van der Waals surface area contributed by atoms with Crippen LogP contribution in [-0.4, -0.2) is 72.5 Å². The van der Waals surface area contributed by atoms with E-state index in [1.54, 1.807) is 4.90 Å². The van der Waals surface area contributed by atoms with Gasteiger partial charge >= 0.3 is 6.18 Å². The molecule has 200 valence electrons. The predicted octanol–water partition coefficient (Wildman–Crippen LogP) is 4.88. The molecule has 0 radical (unpaired) electrons. The highest BCUT2D eigenvalue weighted by molar-refractivity contribution is 6.30. The average molecular weight is 540 g/mol. The molecular weight excluding hydrogens is 511 g/mol. The van der Waals surface area contributed by atoms with Crippen molar-refractivity contribution in [1.29, 1.82) is 0 Å². The maximum Gasteiger partial charge on any atom is 0.423 e. The van der Waals surface area contributed by atoms with Gasteiger partial charge in [0.15, 0.2) is 0 Å². The summed E-state index contributed by atoms with van der Waals surface area (Å²) in [5.41, 5.74) is -0.994. The molecule has 2 saturated heterocycles. The lowest BCUT2D eigenvalue weighted by atomic mass is 10.1. The van der Waals surface area contributed by atoms with Gasteiger partial charge in [-0.1, -0.05) is 11.6 Å². The molecule has 8 nitrogen and oxygen atoms in total. The summed E-state index contributed by atoms with van der Waals surface area (Å²) in [6.07, 6.45) is -2.88. The quantitative estimate of drug-likeness (QED) is 0.399. The molecule has 0 aliphatic carbocycles. The minimum absolute atomic E-state index is 0.0165. The zero-order chi connectivity index (χ0) is 26.6. The Labute approximate surface area is 218 Å². The van der Waals surface area contributed by atoms with Crippen LogP contribution in [-0.2, 0) is 11.0 Å². The van der Waals surface area contributed by atoms with Crippen molar-refractivity contribution >= 4 is 34.6 Å². The Morgan fingerprint density at radius 2 is 1.84 bits per heavy atom. The highest BCUT2D eigenvalue weighted by atomic mass is 35.5. The van der Waals surface area contributed by atoms with E-state index in [2.05, 4.69) is 15.1 Å². The highest BCUT2D eigenvalue weighted by Gasteiger charge is 2.38. The van der Waals surface area contributed by atoms with Gasteiger partial charge in [-0.15, -0.1) is 0 Å². The third-order valence-electron chi connectivity index (χ3n) is 6.83. The number of nitrogens with zero attached hydrogens (tertiary/aromatic N) is 4. The smallest absolute Gasteiger partial charge is 0.380 e. The molecule has 1 atom stereocenters. The van der Waals surface area contributed by atoms with E-state index in [1.165, 1.54) is 6.07 Å². The second-order valence-electron chi connectivity index (χ2n) is 9.37. The molecule has 2 aromatic rings. The highest BCUT2D eigenvalue weighted by Crippen LogP contribution is 2.37. The first-order valence-electron chi connectivity index (χ1n) is 12.2. The van der Waals surface area contributed by atoms with Crippen molar-refractivity contribution in [1.82, 2.24) is 9.80 Å². The van der Waals surface area contributed by atoms with Crippen molar-refractivity contribution in [3.05, 3.63) is 63.2 Å². The zero-order valence-corrected chi connectivity index (χ0v) is 21.0. The van der Waals surface area contributed by atoms with Crippen LogP contribution in [0.15, 0.2) is 42.5 Å². The van der Waals surface area contributed by atoms with Crippen LogP contribution in [0.5, 0.6) is 0 Å². The average Bonchev–Trinajstić information content (AvgIpc) is 3.19. The van der Waals surface area contributed by atoms with Crippen molar-refractivity contribution in [3.8, 4) is 0 Å². The Kier molecular flexibility index (Phi) is 8.43. The number of rotatable bonds is 7. The van der Waals surface area contributed by atoms with Crippen LogP contribution in [0.2, 0.25) is 5.02 Å². The van der Waals surface area contributed by atoms with Crippen LogP contribution < -0.4 is 10.2 Å². The molecule has 12 heteroatoms. The number of hydrogen-bond donors (Lipinski definition) is 1. The number of carbonyl (C=O) groups is 1. The number of halogens is 4. The third-order valence-corrected chi connectivity index (χ3v) is 7.08. The Bertz CT molecular complexity index is 1120. The molecule has 2 aliphatic heterocycles. The standard InChI is InChI=1S/C25H29ClF3N5O3/c26-18-2-5-21(6-3-18)32-11-1-10-31(14-15-32)12-9-24(35)33-13-8-20(17-33)30-19-4-7-23(34(36)37)22(16-19)25(27,28)29/h2-7,16,20,30H,1,8-15,17H2/t20-/m0/s1. The monoisotopic (exact) mass is 539 g/mol. The summed E-state index contributed by atoms with van der Waals surface area (Å²) in [6.45, 7) is 5.09. The Morgan fingerprint density at radius 1 is 1.08 bits per heavy atom. The van der Waals surface area contributed by atoms with Crippen molar-refractivity contribution in [2.75, 3.05) is 56.0 Å². The normalized spacial score (nSPS) is 19.1. The fourth-order valence-electron chi connectivity index (χ4n) is 4.87. The van der Waals surface area contributed by atoms with Gasteiger partial charge in [0, 0.05) is 74.2 Å². The van der Waals surface area contributed by atoms with Gasteiger partial charge < -0.3 is 20.0 Å². The lowest BCUT2D eigenvalue weighted by Gasteiger charge is -2.24. The lowest BCUT2D eigenvalue weighted by Crippen LogP contribution is -2.36. The van der Waals surface area contributed by atoms with E-state index in [1.807, 2.05) is 24.3 Å². The van der Waals surface area contributed by atoms with Crippen molar-refractivity contribution < 1.29 is 22.9 Å². The molecule has 2 aromatic carbocycles. The fourth-order valence-corrected chi connectivity index (χ4v) is 4.99. The van der Waals surface area contributed by atoms with Gasteiger partial charge in [0.2, 0.25) is 5.91 Å². The second kappa shape index (κ2) is 11.6. The van der Waals surface area contributed by atoms with Crippen molar-refractivity contribution in [2.45, 2.75) is 31.5 Å². The number of likely N-dealkylation sites (tertiary alicyclic amines) is 1. The number of anilines is 2. The first-order chi connectivity index (χ1) is 17.6. The number of nitrogens with one attached hydrogen (secondary N) is 1. The fraction of sp³-hybridized carbons (Fsp3) is 0.480. The van der Waals surface area contributed by atoms with Crippen LogP contribution in [0.1, 0.15) is 24.8 Å². The Balaban J connectivity index is 1.25. The minimum atomic E-state index is -4.84. The number of amides is 1. The minimum Gasteiger partial charge on any atom is -0.380 e. The number of benzene rings is 2. The third kappa shape index (κ3) is 7.04. The van der Waals surface area contributed by atoms with Crippen molar-refractivity contribution in [2.24, 2.45) is 0 Å². The molecule has 2 aliphatic rings. The largest absolute Gasteiger partial charge is 0.423 e. The first kappa shape index (κ1) is 27.0. The van der Waals surface area contributed by atoms with E-state index in [9.17, 15) is 28.1 Å². The van der Waals surface area contributed by atoms with Crippen LogP contribution in [0.3, 0.4) is 0 Å². The Morgan fingerprint density at radius 3 is 2.54 bits per heavy atom. The SMILES string of the molecule is O=C(CCN1CCCN(c2ccc(Cl)cc2)CC1)N1CC[C@H](Nc2ccc([N+](=O)[O-])c(C(F)(F)F)c2)C1. The number of carbonyl (C=O) groups excluding carboxylic acids is 1. The maximum atomic E-state index is 13.3. The van der Waals surface area contributed by atoms with Gasteiger partial charge in [-0.3, -0.25) is 14.9 Å². The van der Waals surface area contributed by atoms with Crippen LogP contribution in [0.4, 0.5) is 30.2 Å². The molecule has 0 saturated carbocycles. The first-order valence-corrected chi connectivity index (χ1v) is 12.6. The van der Waals surface area contributed by atoms with E-state index in [-0.39, 0.29) is 17.6 Å². The van der Waals surface area contributed by atoms with Gasteiger partial charge in [-0.05, 0) is 55.8 Å². The molecule has 2 heterocycles. The predicted molar refractivity (Wildman–Crippen MR) is 136 cm³/mol. The number of nitro benzene ring substituents is 1. The summed E-state index contributed by atoms with van der Waals surface area (Å²) in [5, 5.41) is 14.7. The topological polar surface area (TPSA) is 82.0 Å². The Hall–Kier alpha value is -3.05. The second-order valence-corrected chi connectivity index (χ2v) is 9.80. The van der Waals surface area contributed by atoms with Gasteiger partial charge in [-0.2, -0.15) is 13.2 Å². The summed E-state index contributed by atoms with van der Waals surface area (Å²) < 4.78 is 39.8. The van der Waals surface area contributed by atoms with Crippen molar-refractivity contribution in [3.63, 3.8) is 0 Å². The number of alkyl halides is 3. The van der Waals surface area contributed by atoms with Gasteiger partial charge in [0.1, 0.15) is 5.56 Å². The van der Waals surface area contributed by atoms with E-state index < -0.39 is 22.4 Å². The van der Waals surface area contributed by atoms with Crippen LogP contribution in [0, 0.1) is 10.1 Å². The lowest BCUT2D eigenvalue weighted by molar-refractivity contribution is -0.388. The molecule has 1 amide bonds. The summed E-state index contributed by atoms with van der Waals surface area (Å²) >= 11 is 5.99. The van der Waals surface area contributed by atoms with Crippen LogP contribution >= 0.6 is 11.6 Å². The van der Waals surface area contributed by atoms with E-state index in [4.69, 9.17) is 11.6 Å². The molecule has 0 aromatic heterocycles. The summed E-state index contributed by atoms with van der Waals surface area (Å²) in [6, 6.07) is 10.5. The van der Waals surface area contributed by atoms with Gasteiger partial charge in [0.25, 0.3) is 5.69 Å². The molecule has 0 spiro atoms. The van der Waals surface area contributed by atoms with Gasteiger partial charge in [-0.25, -0.2) is 0 Å². The molecule has 37 heavy (non-hydrogen) atoms. The summed E-state index contributed by atoms with van der Waals surface area (Å²) in [5.74, 6) is 0.0165.